The van der Waals surface area contributed by atoms with Gasteiger partial charge in [-0.2, -0.15) is 0 Å². The van der Waals surface area contributed by atoms with E-state index in [-0.39, 0.29) is 17.9 Å². The maximum atomic E-state index is 13.7. The number of hydrogen-bond acceptors (Lipinski definition) is 3. The number of nitrogens with zero attached hydrogens (tertiary/aromatic N) is 2. The molecule has 0 N–H and O–H groups in total. The number of rotatable bonds is 5. The number of ether oxygens (including phenoxy) is 1. The molecule has 2 aliphatic heterocycles. The summed E-state index contributed by atoms with van der Waals surface area (Å²) >= 11 is 0. The van der Waals surface area contributed by atoms with Gasteiger partial charge in [0.1, 0.15) is 0 Å². The molecule has 2 saturated heterocycles. The van der Waals surface area contributed by atoms with Crippen molar-refractivity contribution in [3.63, 3.8) is 0 Å². The van der Waals surface area contributed by atoms with Gasteiger partial charge in [0.2, 0.25) is 11.8 Å². The van der Waals surface area contributed by atoms with Gasteiger partial charge >= 0.3 is 0 Å². The summed E-state index contributed by atoms with van der Waals surface area (Å²) < 4.78 is 5.76. The first-order valence-electron chi connectivity index (χ1n) is 9.79. The number of hydrogen-bond donors (Lipinski definition) is 0. The van der Waals surface area contributed by atoms with Crippen LogP contribution in [-0.2, 0) is 19.7 Å². The van der Waals surface area contributed by atoms with E-state index in [9.17, 15) is 9.59 Å². The molecule has 0 aliphatic carbocycles. The Kier molecular flexibility index (Phi) is 5.97. The standard InChI is InChI=1S/C21H30N2O3/c1-3-22(16-19-10-7-15-26-19)20(25)21(18-8-5-4-6-9-18)11-13-23(14-12-21)17(2)24/h4-6,8-9,19H,3,7,10-16H2,1-2H3. The average Bonchev–Trinajstić information content (AvgIpc) is 3.19. The Labute approximate surface area is 156 Å². The monoisotopic (exact) mass is 358 g/mol. The third-order valence-electron chi connectivity index (χ3n) is 5.92. The lowest BCUT2D eigenvalue weighted by atomic mass is 9.71. The van der Waals surface area contributed by atoms with Crippen LogP contribution in [-0.4, -0.2) is 60.5 Å². The van der Waals surface area contributed by atoms with Crippen molar-refractivity contribution in [2.45, 2.75) is 51.0 Å². The highest BCUT2D eigenvalue weighted by Crippen LogP contribution is 2.37. The normalized spacial score (nSPS) is 22.2. The summed E-state index contributed by atoms with van der Waals surface area (Å²) in [6, 6.07) is 10.1. The molecule has 1 unspecified atom stereocenters. The van der Waals surface area contributed by atoms with Crippen LogP contribution in [0.15, 0.2) is 30.3 Å². The minimum atomic E-state index is -0.540. The molecule has 0 radical (unpaired) electrons. The van der Waals surface area contributed by atoms with Crippen LogP contribution in [0, 0.1) is 0 Å². The molecule has 1 aromatic rings. The van der Waals surface area contributed by atoms with E-state index < -0.39 is 5.41 Å². The van der Waals surface area contributed by atoms with Gasteiger partial charge in [-0.05, 0) is 38.2 Å². The molecule has 5 nitrogen and oxygen atoms in total. The fourth-order valence-corrected chi connectivity index (χ4v) is 4.28. The van der Waals surface area contributed by atoms with Crippen molar-refractivity contribution in [3.8, 4) is 0 Å². The van der Waals surface area contributed by atoms with E-state index in [0.29, 0.717) is 39.0 Å². The second-order valence-corrected chi connectivity index (χ2v) is 7.43. The Morgan fingerprint density at radius 1 is 1.23 bits per heavy atom. The second-order valence-electron chi connectivity index (χ2n) is 7.43. The zero-order valence-corrected chi connectivity index (χ0v) is 15.9. The maximum Gasteiger partial charge on any atom is 0.233 e. The third-order valence-corrected chi connectivity index (χ3v) is 5.92. The molecular formula is C21H30N2O3. The van der Waals surface area contributed by atoms with Crippen LogP contribution in [0.1, 0.15) is 45.1 Å². The van der Waals surface area contributed by atoms with Crippen molar-refractivity contribution < 1.29 is 14.3 Å². The topological polar surface area (TPSA) is 49.9 Å². The first-order chi connectivity index (χ1) is 12.6. The Hall–Kier alpha value is -1.88. The first kappa shape index (κ1) is 18.9. The summed E-state index contributed by atoms with van der Waals surface area (Å²) in [5.74, 6) is 0.274. The largest absolute Gasteiger partial charge is 0.376 e. The Balaban J connectivity index is 1.85. The number of likely N-dealkylation sites (N-methyl/N-ethyl adjacent to an activating group) is 1. The summed E-state index contributed by atoms with van der Waals surface area (Å²) in [5.41, 5.74) is 0.529. The predicted octanol–water partition coefficient (Wildman–Crippen LogP) is 2.59. The summed E-state index contributed by atoms with van der Waals surface area (Å²) in [6.45, 7) is 7.06. The highest BCUT2D eigenvalue weighted by molar-refractivity contribution is 5.89. The lowest BCUT2D eigenvalue weighted by Crippen LogP contribution is -2.54. The van der Waals surface area contributed by atoms with Gasteiger partial charge in [-0.1, -0.05) is 30.3 Å². The van der Waals surface area contributed by atoms with Crippen LogP contribution in [0.5, 0.6) is 0 Å². The molecule has 0 bridgehead atoms. The molecule has 0 spiro atoms. The predicted molar refractivity (Wildman–Crippen MR) is 101 cm³/mol. The highest BCUT2D eigenvalue weighted by Gasteiger charge is 2.45. The van der Waals surface area contributed by atoms with Gasteiger partial charge in [-0.25, -0.2) is 0 Å². The molecule has 2 aliphatic rings. The lowest BCUT2D eigenvalue weighted by Gasteiger charge is -2.43. The van der Waals surface area contributed by atoms with Crippen LogP contribution >= 0.6 is 0 Å². The first-order valence-corrected chi connectivity index (χ1v) is 9.79. The van der Waals surface area contributed by atoms with Gasteiger partial charge in [0, 0.05) is 39.7 Å². The van der Waals surface area contributed by atoms with Gasteiger partial charge in [0.05, 0.1) is 11.5 Å². The van der Waals surface area contributed by atoms with E-state index in [4.69, 9.17) is 4.74 Å². The SMILES string of the molecule is CCN(CC1CCCO1)C(=O)C1(c2ccccc2)CCN(C(C)=O)CC1. The zero-order chi connectivity index (χ0) is 18.6. The third kappa shape index (κ3) is 3.78. The van der Waals surface area contributed by atoms with Crippen molar-refractivity contribution >= 4 is 11.8 Å². The van der Waals surface area contributed by atoms with Crippen molar-refractivity contribution in [1.29, 1.82) is 0 Å². The molecule has 26 heavy (non-hydrogen) atoms. The summed E-state index contributed by atoms with van der Waals surface area (Å²) in [5, 5.41) is 0. The van der Waals surface area contributed by atoms with Crippen molar-refractivity contribution in [2.24, 2.45) is 0 Å². The van der Waals surface area contributed by atoms with Crippen LogP contribution in [0.4, 0.5) is 0 Å². The molecule has 0 aromatic heterocycles. The quantitative estimate of drug-likeness (QED) is 0.813. The zero-order valence-electron chi connectivity index (χ0n) is 15.9. The van der Waals surface area contributed by atoms with E-state index in [1.165, 1.54) is 0 Å². The van der Waals surface area contributed by atoms with E-state index in [0.717, 1.165) is 25.0 Å². The molecule has 1 aromatic carbocycles. The maximum absolute atomic E-state index is 13.7. The van der Waals surface area contributed by atoms with E-state index in [2.05, 4.69) is 12.1 Å². The van der Waals surface area contributed by atoms with Crippen LogP contribution in [0.3, 0.4) is 0 Å². The van der Waals surface area contributed by atoms with Crippen LogP contribution in [0.25, 0.3) is 0 Å². The minimum absolute atomic E-state index is 0.0887. The fourth-order valence-electron chi connectivity index (χ4n) is 4.28. The number of piperidine rings is 1. The van der Waals surface area contributed by atoms with E-state index >= 15 is 0 Å². The van der Waals surface area contributed by atoms with Crippen molar-refractivity contribution in [2.75, 3.05) is 32.8 Å². The van der Waals surface area contributed by atoms with Gasteiger partial charge < -0.3 is 14.5 Å². The van der Waals surface area contributed by atoms with E-state index in [1.54, 1.807) is 6.92 Å². The van der Waals surface area contributed by atoms with Gasteiger partial charge in [-0.15, -0.1) is 0 Å². The lowest BCUT2D eigenvalue weighted by molar-refractivity contribution is -0.143. The Morgan fingerprint density at radius 2 is 1.92 bits per heavy atom. The molecule has 1 atom stereocenters. The van der Waals surface area contributed by atoms with Crippen LogP contribution < -0.4 is 0 Å². The molecule has 3 rings (SSSR count). The summed E-state index contributed by atoms with van der Waals surface area (Å²) in [6.07, 6.45) is 3.62. The number of likely N-dealkylation sites (tertiary alicyclic amines) is 1. The fraction of sp³-hybridized carbons (Fsp3) is 0.619. The van der Waals surface area contributed by atoms with Crippen molar-refractivity contribution in [3.05, 3.63) is 35.9 Å². The van der Waals surface area contributed by atoms with Crippen LogP contribution in [0.2, 0.25) is 0 Å². The molecule has 142 valence electrons. The van der Waals surface area contributed by atoms with Gasteiger partial charge in [0.15, 0.2) is 0 Å². The molecule has 2 heterocycles. The molecule has 5 heteroatoms. The summed E-state index contributed by atoms with van der Waals surface area (Å²) in [4.78, 5) is 29.3. The van der Waals surface area contributed by atoms with Gasteiger partial charge in [0.25, 0.3) is 0 Å². The number of carbonyl (C=O) groups excluding carboxylic acids is 2. The molecule has 2 amide bonds. The van der Waals surface area contributed by atoms with Crippen molar-refractivity contribution in [1.82, 2.24) is 9.80 Å². The minimum Gasteiger partial charge on any atom is -0.376 e. The average molecular weight is 358 g/mol. The summed E-state index contributed by atoms with van der Waals surface area (Å²) in [7, 11) is 0. The number of amides is 2. The Morgan fingerprint density at radius 3 is 2.46 bits per heavy atom. The number of benzene rings is 1. The van der Waals surface area contributed by atoms with E-state index in [1.807, 2.05) is 34.9 Å². The highest BCUT2D eigenvalue weighted by atomic mass is 16.5. The molecular weight excluding hydrogens is 328 g/mol. The molecule has 2 fully saturated rings. The second kappa shape index (κ2) is 8.21. The molecule has 0 saturated carbocycles. The smallest absolute Gasteiger partial charge is 0.233 e. The Bertz CT molecular complexity index is 617. The number of carbonyl (C=O) groups is 2. The van der Waals surface area contributed by atoms with Gasteiger partial charge in [-0.3, -0.25) is 9.59 Å².